The summed E-state index contributed by atoms with van der Waals surface area (Å²) in [5.41, 5.74) is 2.02. The predicted molar refractivity (Wildman–Crippen MR) is 84.4 cm³/mol. The lowest BCUT2D eigenvalue weighted by atomic mass is 10.2. The van der Waals surface area contributed by atoms with E-state index in [1.165, 1.54) is 0 Å². The Balaban J connectivity index is 1.68. The van der Waals surface area contributed by atoms with E-state index in [4.69, 9.17) is 9.15 Å². The molecule has 120 valence electrons. The minimum Gasteiger partial charge on any atom is -0.444 e. The second-order valence-electron chi connectivity index (χ2n) is 5.60. The summed E-state index contributed by atoms with van der Waals surface area (Å²) in [4.78, 5) is 6.31. The van der Waals surface area contributed by atoms with Crippen molar-refractivity contribution in [2.45, 2.75) is 33.1 Å². The summed E-state index contributed by atoms with van der Waals surface area (Å²) in [7, 11) is 1.93. The van der Waals surface area contributed by atoms with Gasteiger partial charge >= 0.3 is 0 Å². The monoisotopic (exact) mass is 304 g/mol. The molecule has 0 fully saturated rings. The minimum atomic E-state index is -0.536. The highest BCUT2D eigenvalue weighted by Crippen LogP contribution is 2.10. The molecule has 1 atom stereocenters. The van der Waals surface area contributed by atoms with Gasteiger partial charge in [0.15, 0.2) is 0 Å². The number of nitrogens with zero attached hydrogens (tertiary/aromatic N) is 2. The number of aryl methyl sites for hydroxylation is 2. The van der Waals surface area contributed by atoms with Crippen LogP contribution in [0.1, 0.15) is 22.9 Å². The van der Waals surface area contributed by atoms with Gasteiger partial charge in [0.05, 0.1) is 31.6 Å². The lowest BCUT2D eigenvalue weighted by Gasteiger charge is -2.19. The number of aliphatic hydroxyl groups excluding tert-OH is 1. The van der Waals surface area contributed by atoms with Gasteiger partial charge in [-0.3, -0.25) is 4.90 Å². The zero-order valence-electron chi connectivity index (χ0n) is 13.5. The molecule has 0 aliphatic heterocycles. The maximum atomic E-state index is 10.0. The Morgan fingerprint density at radius 3 is 2.64 bits per heavy atom. The number of rotatable bonds is 8. The number of oxazole rings is 1. The Morgan fingerprint density at radius 2 is 2.00 bits per heavy atom. The molecule has 0 amide bonds. The van der Waals surface area contributed by atoms with Crippen molar-refractivity contribution >= 4 is 0 Å². The standard InChI is InChI=1S/C17H24N2O3/c1-13-14(2)22-17(18-13)10-19(3)9-16(20)12-21-11-15-7-5-4-6-8-15/h4-8,16,20H,9-12H2,1-3H3. The van der Waals surface area contributed by atoms with Gasteiger partial charge in [0, 0.05) is 6.54 Å². The van der Waals surface area contributed by atoms with E-state index in [-0.39, 0.29) is 0 Å². The lowest BCUT2D eigenvalue weighted by Crippen LogP contribution is -2.32. The first-order valence-electron chi connectivity index (χ1n) is 7.45. The quantitative estimate of drug-likeness (QED) is 0.811. The van der Waals surface area contributed by atoms with Crippen LogP contribution >= 0.6 is 0 Å². The Morgan fingerprint density at radius 1 is 1.27 bits per heavy atom. The average molecular weight is 304 g/mol. The highest BCUT2D eigenvalue weighted by atomic mass is 16.5. The molecule has 5 nitrogen and oxygen atoms in total. The summed E-state index contributed by atoms with van der Waals surface area (Å²) in [6, 6.07) is 9.93. The zero-order valence-corrected chi connectivity index (χ0v) is 13.5. The molecule has 1 unspecified atom stereocenters. The first-order valence-corrected chi connectivity index (χ1v) is 7.45. The Kier molecular flexibility index (Phi) is 6.12. The van der Waals surface area contributed by atoms with Crippen LogP contribution in [0.3, 0.4) is 0 Å². The van der Waals surface area contributed by atoms with Crippen LogP contribution in [0.5, 0.6) is 0 Å². The lowest BCUT2D eigenvalue weighted by molar-refractivity contribution is 0.0117. The number of likely N-dealkylation sites (N-methyl/N-ethyl adjacent to an activating group) is 1. The second kappa shape index (κ2) is 8.08. The first-order chi connectivity index (χ1) is 10.5. The molecule has 5 heteroatoms. The molecule has 0 saturated carbocycles. The van der Waals surface area contributed by atoms with Crippen molar-refractivity contribution in [1.82, 2.24) is 9.88 Å². The SMILES string of the molecule is Cc1nc(CN(C)CC(O)COCc2ccccc2)oc1C. The number of hydrogen-bond donors (Lipinski definition) is 1. The van der Waals surface area contributed by atoms with Gasteiger partial charge in [0.2, 0.25) is 5.89 Å². The average Bonchev–Trinajstić information content (AvgIpc) is 2.78. The fourth-order valence-electron chi connectivity index (χ4n) is 2.20. The third kappa shape index (κ3) is 5.26. The van der Waals surface area contributed by atoms with Crippen molar-refractivity contribution in [2.75, 3.05) is 20.2 Å². The Bertz CT molecular complexity index is 549. The maximum absolute atomic E-state index is 10.0. The molecule has 2 aromatic rings. The molecule has 0 bridgehead atoms. The van der Waals surface area contributed by atoms with Crippen LogP contribution in [-0.4, -0.2) is 41.3 Å². The molecule has 0 saturated heterocycles. The smallest absolute Gasteiger partial charge is 0.208 e. The van der Waals surface area contributed by atoms with Crippen LogP contribution in [0.15, 0.2) is 34.7 Å². The van der Waals surface area contributed by atoms with Crippen LogP contribution in [0.25, 0.3) is 0 Å². The number of benzene rings is 1. The number of aromatic nitrogens is 1. The van der Waals surface area contributed by atoms with Crippen molar-refractivity contribution in [3.8, 4) is 0 Å². The van der Waals surface area contributed by atoms with Gasteiger partial charge in [-0.25, -0.2) is 4.98 Å². The third-order valence-electron chi connectivity index (χ3n) is 3.42. The van der Waals surface area contributed by atoms with E-state index in [1.807, 2.05) is 56.1 Å². The van der Waals surface area contributed by atoms with Crippen LogP contribution < -0.4 is 0 Å². The van der Waals surface area contributed by atoms with Gasteiger partial charge in [-0.2, -0.15) is 0 Å². The van der Waals surface area contributed by atoms with Crippen molar-refractivity contribution in [1.29, 1.82) is 0 Å². The van der Waals surface area contributed by atoms with Crippen LogP contribution in [0.2, 0.25) is 0 Å². The predicted octanol–water partition coefficient (Wildman–Crippen LogP) is 2.30. The van der Waals surface area contributed by atoms with Crippen molar-refractivity contribution in [3.63, 3.8) is 0 Å². The van der Waals surface area contributed by atoms with E-state index in [2.05, 4.69) is 4.98 Å². The molecule has 22 heavy (non-hydrogen) atoms. The summed E-state index contributed by atoms with van der Waals surface area (Å²) in [6.07, 6.45) is -0.536. The van der Waals surface area contributed by atoms with Gasteiger partial charge in [0.1, 0.15) is 5.76 Å². The van der Waals surface area contributed by atoms with Crippen molar-refractivity contribution < 1.29 is 14.3 Å². The van der Waals surface area contributed by atoms with Crippen molar-refractivity contribution in [3.05, 3.63) is 53.2 Å². The van der Waals surface area contributed by atoms with E-state index < -0.39 is 6.10 Å². The maximum Gasteiger partial charge on any atom is 0.208 e. The summed E-state index contributed by atoms with van der Waals surface area (Å²) >= 11 is 0. The minimum absolute atomic E-state index is 0.308. The topological polar surface area (TPSA) is 58.7 Å². The van der Waals surface area contributed by atoms with Crippen molar-refractivity contribution in [2.24, 2.45) is 0 Å². The highest BCUT2D eigenvalue weighted by Gasteiger charge is 2.12. The summed E-state index contributed by atoms with van der Waals surface area (Å²) in [5.74, 6) is 1.52. The van der Waals surface area contributed by atoms with Gasteiger partial charge in [-0.15, -0.1) is 0 Å². The summed E-state index contributed by atoms with van der Waals surface area (Å²) in [5, 5.41) is 10.0. The third-order valence-corrected chi connectivity index (χ3v) is 3.42. The van der Waals surface area contributed by atoms with Gasteiger partial charge in [0.25, 0.3) is 0 Å². The van der Waals surface area contributed by atoms with E-state index in [0.717, 1.165) is 17.0 Å². The molecule has 0 spiro atoms. The molecule has 0 aliphatic carbocycles. The molecular weight excluding hydrogens is 280 g/mol. The molecule has 2 rings (SSSR count). The molecule has 1 aromatic heterocycles. The van der Waals surface area contributed by atoms with Gasteiger partial charge in [-0.05, 0) is 26.5 Å². The van der Waals surface area contributed by atoms with Crippen LogP contribution in [0, 0.1) is 13.8 Å². The molecular formula is C17H24N2O3. The fraction of sp³-hybridized carbons (Fsp3) is 0.471. The number of ether oxygens (including phenoxy) is 1. The second-order valence-corrected chi connectivity index (χ2v) is 5.60. The zero-order chi connectivity index (χ0) is 15.9. The molecule has 1 aromatic carbocycles. The molecule has 1 heterocycles. The van der Waals surface area contributed by atoms with Crippen LogP contribution in [-0.2, 0) is 17.9 Å². The molecule has 1 N–H and O–H groups in total. The molecule has 0 aliphatic rings. The van der Waals surface area contributed by atoms with E-state index in [0.29, 0.717) is 32.2 Å². The Labute approximate surface area is 131 Å². The fourth-order valence-corrected chi connectivity index (χ4v) is 2.20. The van der Waals surface area contributed by atoms with E-state index in [9.17, 15) is 5.11 Å². The number of hydrogen-bond acceptors (Lipinski definition) is 5. The number of aliphatic hydroxyl groups is 1. The van der Waals surface area contributed by atoms with E-state index in [1.54, 1.807) is 0 Å². The van der Waals surface area contributed by atoms with E-state index >= 15 is 0 Å². The summed E-state index contributed by atoms with van der Waals surface area (Å²) in [6.45, 7) is 5.73. The highest BCUT2D eigenvalue weighted by molar-refractivity contribution is 5.13. The Hall–Kier alpha value is -1.69. The van der Waals surface area contributed by atoms with Gasteiger partial charge in [-0.1, -0.05) is 30.3 Å². The largest absolute Gasteiger partial charge is 0.444 e. The normalized spacial score (nSPS) is 12.8. The molecule has 0 radical (unpaired) electrons. The van der Waals surface area contributed by atoms with Crippen LogP contribution in [0.4, 0.5) is 0 Å². The first kappa shape index (κ1) is 16.7. The summed E-state index contributed by atoms with van der Waals surface area (Å²) < 4.78 is 11.1. The van der Waals surface area contributed by atoms with Gasteiger partial charge < -0.3 is 14.3 Å².